The molecule has 0 radical (unpaired) electrons. The van der Waals surface area contributed by atoms with Crippen molar-refractivity contribution in [3.05, 3.63) is 79.9 Å². The third kappa shape index (κ3) is 3.96. The third-order valence-corrected chi connectivity index (χ3v) is 6.72. The minimum atomic E-state index is -0.356. The molecule has 0 fully saturated rings. The molecule has 0 unspecified atom stereocenters. The van der Waals surface area contributed by atoms with Crippen molar-refractivity contribution in [2.45, 2.75) is 9.79 Å². The summed E-state index contributed by atoms with van der Waals surface area (Å²) in [6, 6.07) is 14.1. The maximum Gasteiger partial charge on any atom is 0.239 e. The number of thioether (sulfide) groups is 2. The van der Waals surface area contributed by atoms with Gasteiger partial charge in [0, 0.05) is 19.8 Å². The van der Waals surface area contributed by atoms with E-state index >= 15 is 0 Å². The van der Waals surface area contributed by atoms with Gasteiger partial charge in [-0.15, -0.1) is 0 Å². The number of hydrogen-bond acceptors (Lipinski definition) is 6. The first-order chi connectivity index (χ1) is 13.5. The molecule has 1 heterocycles. The first-order valence-electron chi connectivity index (χ1n) is 8.23. The van der Waals surface area contributed by atoms with Gasteiger partial charge in [0.2, 0.25) is 23.1 Å². The van der Waals surface area contributed by atoms with E-state index in [1.54, 1.807) is 48.5 Å². The van der Waals surface area contributed by atoms with Gasteiger partial charge in [0.25, 0.3) is 0 Å². The van der Waals surface area contributed by atoms with Crippen molar-refractivity contribution in [1.82, 2.24) is 0 Å². The molecule has 1 aliphatic heterocycles. The number of carbonyl (C=O) groups excluding carboxylic acids is 2. The second kappa shape index (κ2) is 8.25. The van der Waals surface area contributed by atoms with Crippen LogP contribution in [0, 0.1) is 0 Å². The van der Waals surface area contributed by atoms with E-state index < -0.39 is 0 Å². The van der Waals surface area contributed by atoms with Crippen LogP contribution in [0.1, 0.15) is 0 Å². The predicted molar refractivity (Wildman–Crippen MR) is 111 cm³/mol. The Balaban J connectivity index is 1.75. The summed E-state index contributed by atoms with van der Waals surface area (Å²) in [5, 5.41) is 1.18. The first-order valence-corrected chi connectivity index (χ1v) is 10.6. The summed E-state index contributed by atoms with van der Waals surface area (Å²) in [7, 11) is 0. The summed E-state index contributed by atoms with van der Waals surface area (Å²) in [5.41, 5.74) is 0. The molecule has 4 rings (SSSR count). The van der Waals surface area contributed by atoms with Crippen molar-refractivity contribution >= 4 is 58.3 Å². The molecule has 4 nitrogen and oxygen atoms in total. The van der Waals surface area contributed by atoms with Crippen molar-refractivity contribution in [2.75, 3.05) is 13.2 Å². The van der Waals surface area contributed by atoms with Gasteiger partial charge in [0.1, 0.15) is 13.2 Å². The topological polar surface area (TPSA) is 52.6 Å². The van der Waals surface area contributed by atoms with E-state index in [9.17, 15) is 9.59 Å². The van der Waals surface area contributed by atoms with Crippen molar-refractivity contribution in [3.8, 4) is 0 Å². The highest BCUT2D eigenvalue weighted by atomic mass is 35.5. The van der Waals surface area contributed by atoms with Crippen LogP contribution >= 0.6 is 46.7 Å². The molecule has 2 aromatic carbocycles. The summed E-state index contributed by atoms with van der Waals surface area (Å²) >= 11 is 14.3. The van der Waals surface area contributed by atoms with E-state index in [1.165, 1.54) is 23.5 Å². The molecule has 0 bridgehead atoms. The van der Waals surface area contributed by atoms with Gasteiger partial charge in [-0.25, -0.2) is 0 Å². The predicted octanol–water partition coefficient (Wildman–Crippen LogP) is 5.50. The minimum Gasteiger partial charge on any atom is -0.483 e. The molecule has 28 heavy (non-hydrogen) atoms. The Morgan fingerprint density at radius 3 is 1.36 bits per heavy atom. The fourth-order valence-electron chi connectivity index (χ4n) is 2.59. The van der Waals surface area contributed by atoms with Gasteiger partial charge in [-0.3, -0.25) is 9.59 Å². The molecule has 1 aliphatic carbocycles. The van der Waals surface area contributed by atoms with Gasteiger partial charge < -0.3 is 9.47 Å². The van der Waals surface area contributed by atoms with Crippen molar-refractivity contribution in [1.29, 1.82) is 0 Å². The molecule has 0 N–H and O–H groups in total. The molecule has 8 heteroatoms. The second-order valence-electron chi connectivity index (χ2n) is 5.78. The minimum absolute atomic E-state index is 0.0202. The molecule has 2 aromatic rings. The number of carbonyl (C=O) groups is 2. The number of Topliss-reactive ketones (excluding diaryl/α,β-unsaturated/α-hetero) is 2. The molecule has 0 saturated carbocycles. The number of hydrogen-bond donors (Lipinski definition) is 0. The quantitative estimate of drug-likeness (QED) is 0.573. The average Bonchev–Trinajstić information content (AvgIpc) is 2.71. The average molecular weight is 451 g/mol. The lowest BCUT2D eigenvalue weighted by atomic mass is 10.1. The summed E-state index contributed by atoms with van der Waals surface area (Å²) in [5.74, 6) is -0.752. The third-order valence-electron chi connectivity index (χ3n) is 3.88. The van der Waals surface area contributed by atoms with E-state index in [1.807, 2.05) is 0 Å². The highest BCUT2D eigenvalue weighted by Crippen LogP contribution is 2.44. The Bertz CT molecular complexity index is 930. The van der Waals surface area contributed by atoms with E-state index in [0.29, 0.717) is 19.9 Å². The number of halogens is 2. The Kier molecular flexibility index (Phi) is 5.73. The zero-order chi connectivity index (χ0) is 19.7. The van der Waals surface area contributed by atoms with Gasteiger partial charge in [-0.05, 0) is 48.5 Å². The molecule has 0 aromatic heterocycles. The van der Waals surface area contributed by atoms with Gasteiger partial charge in [0.15, 0.2) is 0 Å². The zero-order valence-corrected chi connectivity index (χ0v) is 17.4. The Morgan fingerprint density at radius 1 is 0.643 bits per heavy atom. The molecule has 0 saturated heterocycles. The van der Waals surface area contributed by atoms with Crippen LogP contribution in [-0.2, 0) is 19.1 Å². The zero-order valence-electron chi connectivity index (χ0n) is 14.2. The molecule has 0 amide bonds. The molecule has 0 spiro atoms. The maximum absolute atomic E-state index is 13.1. The van der Waals surface area contributed by atoms with Crippen molar-refractivity contribution < 1.29 is 19.1 Å². The fourth-order valence-corrected chi connectivity index (χ4v) is 4.85. The molecular weight excluding hydrogens is 439 g/mol. The van der Waals surface area contributed by atoms with Crippen LogP contribution in [0.5, 0.6) is 0 Å². The molecule has 0 atom stereocenters. The lowest BCUT2D eigenvalue weighted by Gasteiger charge is -2.26. The Labute approximate surface area is 179 Å². The SMILES string of the molecule is O=C1C2=C(OCCO2)C(=O)C(Sc2ccc(Cl)cc2)=C1Sc1ccc(Cl)cc1. The fraction of sp³-hybridized carbons (Fsp3) is 0.100. The molecular formula is C20H12Cl2O4S2. The van der Waals surface area contributed by atoms with Crippen LogP contribution in [-0.4, -0.2) is 24.8 Å². The van der Waals surface area contributed by atoms with Gasteiger partial charge in [-0.1, -0.05) is 46.7 Å². The summed E-state index contributed by atoms with van der Waals surface area (Å²) in [6.07, 6.45) is 0. The smallest absolute Gasteiger partial charge is 0.239 e. The number of allylic oxidation sites excluding steroid dienone is 2. The second-order valence-corrected chi connectivity index (χ2v) is 8.82. The van der Waals surface area contributed by atoms with Crippen LogP contribution in [0.4, 0.5) is 0 Å². The van der Waals surface area contributed by atoms with Crippen LogP contribution in [0.25, 0.3) is 0 Å². The number of ether oxygens (including phenoxy) is 2. The van der Waals surface area contributed by atoms with Crippen LogP contribution in [0.2, 0.25) is 10.0 Å². The maximum atomic E-state index is 13.1. The normalized spacial score (nSPS) is 16.6. The highest BCUT2D eigenvalue weighted by molar-refractivity contribution is 8.08. The van der Waals surface area contributed by atoms with Gasteiger partial charge in [-0.2, -0.15) is 0 Å². The monoisotopic (exact) mass is 450 g/mol. The highest BCUT2D eigenvalue weighted by Gasteiger charge is 2.40. The van der Waals surface area contributed by atoms with E-state index in [4.69, 9.17) is 32.7 Å². The standard InChI is InChI=1S/C20H12Cl2O4S2/c21-11-1-5-13(6-2-11)27-19-15(23)17-18(26-10-9-25-17)16(24)20(19)28-14-7-3-12(22)4-8-14/h1-8H,9-10H2. The summed E-state index contributed by atoms with van der Waals surface area (Å²) in [6.45, 7) is 0.465. The lowest BCUT2D eigenvalue weighted by molar-refractivity contribution is -0.123. The number of benzene rings is 2. The van der Waals surface area contributed by atoms with Gasteiger partial charge >= 0.3 is 0 Å². The van der Waals surface area contributed by atoms with E-state index in [2.05, 4.69) is 0 Å². The summed E-state index contributed by atoms with van der Waals surface area (Å²) < 4.78 is 10.9. The first kappa shape index (κ1) is 19.5. The van der Waals surface area contributed by atoms with Gasteiger partial charge in [0.05, 0.1) is 9.81 Å². The number of ketones is 2. The van der Waals surface area contributed by atoms with Crippen LogP contribution in [0.15, 0.2) is 79.7 Å². The Morgan fingerprint density at radius 2 is 1.00 bits per heavy atom. The van der Waals surface area contributed by atoms with Crippen molar-refractivity contribution in [2.24, 2.45) is 0 Å². The van der Waals surface area contributed by atoms with Crippen LogP contribution in [0.3, 0.4) is 0 Å². The lowest BCUT2D eigenvalue weighted by Crippen LogP contribution is -2.29. The molecule has 2 aliphatic rings. The Hall–Kier alpha value is -1.86. The van der Waals surface area contributed by atoms with E-state index in [-0.39, 0.29) is 36.3 Å². The summed E-state index contributed by atoms with van der Waals surface area (Å²) in [4.78, 5) is 28.3. The van der Waals surface area contributed by atoms with Crippen molar-refractivity contribution in [3.63, 3.8) is 0 Å². The molecule has 142 valence electrons. The van der Waals surface area contributed by atoms with E-state index in [0.717, 1.165) is 9.79 Å². The largest absolute Gasteiger partial charge is 0.483 e. The van der Waals surface area contributed by atoms with Crippen LogP contribution < -0.4 is 0 Å². The number of rotatable bonds is 4.